The molecule has 38 heavy (non-hydrogen) atoms. The molecule has 12 heteroatoms. The number of halogens is 2. The smallest absolute Gasteiger partial charge is 0.250 e. The average molecular weight is 543 g/mol. The van der Waals surface area contributed by atoms with Crippen LogP contribution in [0.1, 0.15) is 23.2 Å². The van der Waals surface area contributed by atoms with Crippen molar-refractivity contribution in [2.75, 3.05) is 25.6 Å². The van der Waals surface area contributed by atoms with Gasteiger partial charge in [0.25, 0.3) is 5.91 Å². The molecule has 1 aliphatic heterocycles. The van der Waals surface area contributed by atoms with Crippen molar-refractivity contribution < 1.29 is 31.5 Å². The zero-order valence-electron chi connectivity index (χ0n) is 20.3. The van der Waals surface area contributed by atoms with Gasteiger partial charge in [0.2, 0.25) is 9.84 Å². The number of hydrogen-bond acceptors (Lipinski definition) is 7. The van der Waals surface area contributed by atoms with E-state index in [0.29, 0.717) is 65.7 Å². The molecular formula is C26H24F2N4O5S. The van der Waals surface area contributed by atoms with Crippen molar-refractivity contribution in [3.05, 3.63) is 65.7 Å². The van der Waals surface area contributed by atoms with Crippen molar-refractivity contribution in [3.8, 4) is 17.0 Å². The van der Waals surface area contributed by atoms with E-state index in [0.717, 1.165) is 12.1 Å². The van der Waals surface area contributed by atoms with E-state index in [4.69, 9.17) is 15.2 Å². The second-order valence-electron chi connectivity index (χ2n) is 8.85. The van der Waals surface area contributed by atoms with Gasteiger partial charge in [-0.25, -0.2) is 17.2 Å². The number of ether oxygens (including phenoxy) is 2. The van der Waals surface area contributed by atoms with E-state index in [2.05, 4.69) is 15.5 Å². The summed E-state index contributed by atoms with van der Waals surface area (Å²) >= 11 is 0. The maximum absolute atomic E-state index is 13.8. The number of hydrogen-bond donors (Lipinski definition) is 3. The molecule has 4 N–H and O–H groups in total. The van der Waals surface area contributed by atoms with Gasteiger partial charge in [-0.1, -0.05) is 0 Å². The number of carbonyl (C=O) groups excluding carboxylic acids is 1. The van der Waals surface area contributed by atoms with Gasteiger partial charge in [0.15, 0.2) is 0 Å². The highest BCUT2D eigenvalue weighted by Crippen LogP contribution is 2.42. The van der Waals surface area contributed by atoms with E-state index in [1.807, 2.05) is 0 Å². The molecule has 3 aromatic carbocycles. The minimum Gasteiger partial charge on any atom is -0.496 e. The highest BCUT2D eigenvalue weighted by molar-refractivity contribution is 7.91. The summed E-state index contributed by atoms with van der Waals surface area (Å²) in [5.41, 5.74) is 7.52. The van der Waals surface area contributed by atoms with Crippen LogP contribution in [0.25, 0.3) is 22.2 Å². The van der Waals surface area contributed by atoms with Crippen molar-refractivity contribution in [3.63, 3.8) is 0 Å². The molecule has 1 aromatic heterocycles. The molecule has 0 spiro atoms. The maximum atomic E-state index is 13.8. The van der Waals surface area contributed by atoms with Crippen LogP contribution < -0.4 is 15.8 Å². The van der Waals surface area contributed by atoms with Gasteiger partial charge in [0.1, 0.15) is 23.1 Å². The first-order valence-electron chi connectivity index (χ1n) is 11.7. The number of H-pyrrole nitrogens is 1. The Hall–Kier alpha value is -4.03. The Balaban J connectivity index is 1.70. The van der Waals surface area contributed by atoms with Gasteiger partial charge in [0, 0.05) is 30.7 Å². The summed E-state index contributed by atoms with van der Waals surface area (Å²) < 4.78 is 65.2. The zero-order chi connectivity index (χ0) is 27.0. The number of methoxy groups -OCH3 is 1. The van der Waals surface area contributed by atoms with Crippen molar-refractivity contribution in [2.45, 2.75) is 28.7 Å². The highest BCUT2D eigenvalue weighted by atomic mass is 32.2. The summed E-state index contributed by atoms with van der Waals surface area (Å²) in [5.74, 6) is -2.31. The standard InChI is InChI=1S/C26H24F2N4O5S/c1-36-22-5-3-19(26(29)33)24(30-16-6-8-37-9-7-16)23(22)25-20-13-17(2-4-21(20)31-32-25)38(34,35)18-11-14(27)10-15(28)12-18/h2-5,10-13,16,30H,6-9H2,1H3,(H2,29,33)(H,31,32). The molecule has 0 aliphatic carbocycles. The molecule has 198 valence electrons. The molecule has 0 atom stereocenters. The predicted octanol–water partition coefficient (Wildman–Crippen LogP) is 4.04. The fourth-order valence-electron chi connectivity index (χ4n) is 4.56. The number of fused-ring (bicyclic) bond motifs is 1. The number of aromatic nitrogens is 2. The Bertz CT molecular complexity index is 1630. The lowest BCUT2D eigenvalue weighted by Crippen LogP contribution is -2.29. The first-order chi connectivity index (χ1) is 18.2. The summed E-state index contributed by atoms with van der Waals surface area (Å²) in [5, 5.41) is 11.1. The third-order valence-electron chi connectivity index (χ3n) is 6.45. The molecule has 1 amide bonds. The number of rotatable bonds is 7. The molecule has 4 aromatic rings. The van der Waals surface area contributed by atoms with Gasteiger partial charge >= 0.3 is 0 Å². The molecule has 1 fully saturated rings. The number of nitrogens with two attached hydrogens (primary N) is 1. The minimum atomic E-state index is -4.28. The van der Waals surface area contributed by atoms with Crippen LogP contribution in [0, 0.1) is 11.6 Å². The van der Waals surface area contributed by atoms with Crippen LogP contribution in [0.5, 0.6) is 5.75 Å². The van der Waals surface area contributed by atoms with E-state index in [-0.39, 0.29) is 16.5 Å². The number of benzene rings is 3. The third-order valence-corrected chi connectivity index (χ3v) is 8.18. The van der Waals surface area contributed by atoms with Crippen molar-refractivity contribution >= 4 is 32.3 Å². The molecule has 0 unspecified atom stereocenters. The second-order valence-corrected chi connectivity index (χ2v) is 10.8. The summed E-state index contributed by atoms with van der Waals surface area (Å²) in [7, 11) is -2.82. The number of aromatic amines is 1. The average Bonchev–Trinajstić information content (AvgIpc) is 3.31. The fourth-order valence-corrected chi connectivity index (χ4v) is 5.89. The zero-order valence-corrected chi connectivity index (χ0v) is 21.1. The van der Waals surface area contributed by atoms with Gasteiger partial charge in [-0.15, -0.1) is 0 Å². The Kier molecular flexibility index (Phi) is 6.76. The van der Waals surface area contributed by atoms with Gasteiger partial charge in [-0.05, 0) is 55.3 Å². The topological polar surface area (TPSA) is 136 Å². The quantitative estimate of drug-likeness (QED) is 0.321. The van der Waals surface area contributed by atoms with Crippen LogP contribution in [0.15, 0.2) is 58.3 Å². The molecule has 1 aliphatic rings. The summed E-state index contributed by atoms with van der Waals surface area (Å²) in [6.07, 6.45) is 1.39. The molecule has 1 saturated heterocycles. The predicted molar refractivity (Wildman–Crippen MR) is 136 cm³/mol. The van der Waals surface area contributed by atoms with Crippen LogP contribution in [-0.4, -0.2) is 50.9 Å². The normalized spacial score (nSPS) is 14.5. The van der Waals surface area contributed by atoms with Crippen LogP contribution in [0.2, 0.25) is 0 Å². The summed E-state index contributed by atoms with van der Waals surface area (Å²) in [6, 6.07) is 9.42. The summed E-state index contributed by atoms with van der Waals surface area (Å²) in [6.45, 7) is 1.10. The van der Waals surface area contributed by atoms with Crippen LogP contribution in [0.3, 0.4) is 0 Å². The van der Waals surface area contributed by atoms with Crippen molar-refractivity contribution in [1.82, 2.24) is 10.2 Å². The van der Waals surface area contributed by atoms with E-state index < -0.39 is 32.3 Å². The molecular weight excluding hydrogens is 518 g/mol. The van der Waals surface area contributed by atoms with E-state index in [1.165, 1.54) is 25.3 Å². The minimum absolute atomic E-state index is 0.0169. The molecule has 2 heterocycles. The lowest BCUT2D eigenvalue weighted by Gasteiger charge is -2.27. The highest BCUT2D eigenvalue weighted by Gasteiger charge is 2.27. The lowest BCUT2D eigenvalue weighted by molar-refractivity contribution is 0.0904. The number of sulfone groups is 1. The Labute approximate surface area is 216 Å². The van der Waals surface area contributed by atoms with Crippen LogP contribution in [-0.2, 0) is 14.6 Å². The van der Waals surface area contributed by atoms with E-state index >= 15 is 0 Å². The van der Waals surface area contributed by atoms with Gasteiger partial charge < -0.3 is 20.5 Å². The molecule has 0 saturated carbocycles. The number of nitrogens with zero attached hydrogens (tertiary/aromatic N) is 1. The van der Waals surface area contributed by atoms with Crippen LogP contribution in [0.4, 0.5) is 14.5 Å². The molecule has 0 radical (unpaired) electrons. The first kappa shape index (κ1) is 25.6. The maximum Gasteiger partial charge on any atom is 0.250 e. The first-order valence-corrected chi connectivity index (χ1v) is 13.2. The largest absolute Gasteiger partial charge is 0.496 e. The van der Waals surface area contributed by atoms with Crippen LogP contribution >= 0.6 is 0 Å². The second kappa shape index (κ2) is 10.0. The molecule has 5 rings (SSSR count). The monoisotopic (exact) mass is 542 g/mol. The number of nitrogens with one attached hydrogen (secondary N) is 2. The Morgan fingerprint density at radius 1 is 1.08 bits per heavy atom. The molecule has 9 nitrogen and oxygen atoms in total. The van der Waals surface area contributed by atoms with Crippen molar-refractivity contribution in [1.29, 1.82) is 0 Å². The summed E-state index contributed by atoms with van der Waals surface area (Å²) in [4.78, 5) is 11.7. The lowest BCUT2D eigenvalue weighted by atomic mass is 9.98. The number of amides is 1. The number of carbonyl (C=O) groups is 1. The van der Waals surface area contributed by atoms with Gasteiger partial charge in [-0.2, -0.15) is 5.10 Å². The van der Waals surface area contributed by atoms with Gasteiger partial charge in [-0.3, -0.25) is 9.89 Å². The third kappa shape index (κ3) is 4.68. The van der Waals surface area contributed by atoms with E-state index in [1.54, 1.807) is 12.1 Å². The Morgan fingerprint density at radius 3 is 2.45 bits per heavy atom. The SMILES string of the molecule is COc1ccc(C(N)=O)c(NC2CCOCC2)c1-c1n[nH]c2ccc(S(=O)(=O)c3cc(F)cc(F)c3)cc12. The number of anilines is 1. The van der Waals surface area contributed by atoms with Crippen molar-refractivity contribution in [2.24, 2.45) is 5.73 Å². The van der Waals surface area contributed by atoms with E-state index in [9.17, 15) is 22.0 Å². The molecule has 0 bridgehead atoms. The number of primary amides is 1. The Morgan fingerprint density at radius 2 is 1.79 bits per heavy atom. The van der Waals surface area contributed by atoms with Gasteiger partial charge in [0.05, 0.1) is 39.2 Å². The fraction of sp³-hybridized carbons (Fsp3) is 0.231.